The molecular weight excluding hydrogens is 219 g/mol. The molecule has 1 aromatic carbocycles. The summed E-state index contributed by atoms with van der Waals surface area (Å²) >= 11 is 0. The van der Waals surface area contributed by atoms with E-state index in [0.717, 1.165) is 6.42 Å². The molecule has 1 rings (SSSR count). The summed E-state index contributed by atoms with van der Waals surface area (Å²) < 4.78 is 18.3. The van der Waals surface area contributed by atoms with Gasteiger partial charge in [-0.3, -0.25) is 4.79 Å². The number of benzene rings is 1. The van der Waals surface area contributed by atoms with E-state index in [-0.39, 0.29) is 23.4 Å². The number of methoxy groups -OCH3 is 1. The van der Waals surface area contributed by atoms with Gasteiger partial charge < -0.3 is 4.74 Å². The number of hydrogen-bond donors (Lipinski definition) is 0. The van der Waals surface area contributed by atoms with E-state index in [1.54, 1.807) is 12.1 Å². The summed E-state index contributed by atoms with van der Waals surface area (Å²) in [6, 6.07) is 4.64. The maximum absolute atomic E-state index is 13.4. The van der Waals surface area contributed by atoms with Crippen LogP contribution in [0.15, 0.2) is 18.2 Å². The minimum Gasteiger partial charge on any atom is -0.494 e. The van der Waals surface area contributed by atoms with Crippen molar-refractivity contribution in [1.82, 2.24) is 0 Å². The number of ether oxygens (including phenoxy) is 1. The van der Waals surface area contributed by atoms with Gasteiger partial charge in [0.1, 0.15) is 5.78 Å². The van der Waals surface area contributed by atoms with Gasteiger partial charge in [0, 0.05) is 11.8 Å². The largest absolute Gasteiger partial charge is 0.494 e. The van der Waals surface area contributed by atoms with Gasteiger partial charge in [0.2, 0.25) is 0 Å². The summed E-state index contributed by atoms with van der Waals surface area (Å²) in [6.45, 7) is 5.80. The first-order chi connectivity index (χ1) is 7.90. The fourth-order valence-corrected chi connectivity index (χ4v) is 1.44. The predicted octanol–water partition coefficient (Wildman–Crippen LogP) is 3.38. The lowest BCUT2D eigenvalue weighted by Crippen LogP contribution is -2.25. The molecule has 3 heteroatoms. The third-order valence-electron chi connectivity index (χ3n) is 3.22. The van der Waals surface area contributed by atoms with Gasteiger partial charge in [0.25, 0.3) is 0 Å². The van der Waals surface area contributed by atoms with Crippen molar-refractivity contribution in [2.24, 2.45) is 5.41 Å². The number of Topliss-reactive ketones (excluding diaryl/α,β-unsaturated/α-hetero) is 1. The number of carbonyl (C=O) groups is 1. The van der Waals surface area contributed by atoms with Crippen molar-refractivity contribution in [3.8, 4) is 5.75 Å². The van der Waals surface area contributed by atoms with Gasteiger partial charge in [-0.05, 0) is 24.1 Å². The Morgan fingerprint density at radius 3 is 2.53 bits per heavy atom. The number of rotatable bonds is 5. The first-order valence-corrected chi connectivity index (χ1v) is 5.76. The van der Waals surface area contributed by atoms with Crippen molar-refractivity contribution in [3.63, 3.8) is 0 Å². The molecule has 0 radical (unpaired) electrons. The predicted molar refractivity (Wildman–Crippen MR) is 65.7 cm³/mol. The van der Waals surface area contributed by atoms with Gasteiger partial charge in [-0.15, -0.1) is 0 Å². The van der Waals surface area contributed by atoms with Crippen LogP contribution >= 0.6 is 0 Å². The van der Waals surface area contributed by atoms with Crippen LogP contribution in [0.3, 0.4) is 0 Å². The van der Waals surface area contributed by atoms with E-state index in [1.165, 1.54) is 13.2 Å². The fourth-order valence-electron chi connectivity index (χ4n) is 1.44. The van der Waals surface area contributed by atoms with Crippen LogP contribution in [0.2, 0.25) is 0 Å². The summed E-state index contributed by atoms with van der Waals surface area (Å²) in [4.78, 5) is 12.0. The molecule has 0 aliphatic rings. The van der Waals surface area contributed by atoms with Crippen molar-refractivity contribution in [3.05, 3.63) is 29.6 Å². The molecule has 0 fully saturated rings. The summed E-state index contributed by atoms with van der Waals surface area (Å²) in [5.41, 5.74) is 0.339. The Bertz CT molecular complexity index is 411. The second-order valence-corrected chi connectivity index (χ2v) is 4.81. The second kappa shape index (κ2) is 5.30. The summed E-state index contributed by atoms with van der Waals surface area (Å²) in [6.07, 6.45) is 1.05. The molecule has 1 aromatic rings. The number of ketones is 1. The lowest BCUT2D eigenvalue weighted by molar-refractivity contribution is -0.126. The van der Waals surface area contributed by atoms with Gasteiger partial charge >= 0.3 is 0 Å². The Kier molecular flexibility index (Phi) is 4.27. The topological polar surface area (TPSA) is 26.3 Å². The van der Waals surface area contributed by atoms with Gasteiger partial charge in [0.15, 0.2) is 11.6 Å². The third-order valence-corrected chi connectivity index (χ3v) is 3.22. The number of hydrogen-bond acceptors (Lipinski definition) is 2. The molecule has 0 saturated carbocycles. The molecule has 0 bridgehead atoms. The van der Waals surface area contributed by atoms with E-state index in [1.807, 2.05) is 20.8 Å². The molecule has 94 valence electrons. The molecule has 0 N–H and O–H groups in total. The van der Waals surface area contributed by atoms with Crippen LogP contribution < -0.4 is 4.74 Å². The van der Waals surface area contributed by atoms with E-state index < -0.39 is 5.82 Å². The highest BCUT2D eigenvalue weighted by atomic mass is 19.1. The molecule has 0 aliphatic heterocycles. The van der Waals surface area contributed by atoms with Crippen LogP contribution in [0.4, 0.5) is 4.39 Å². The molecule has 0 spiro atoms. The molecule has 0 aliphatic carbocycles. The van der Waals surface area contributed by atoms with E-state index in [2.05, 4.69) is 0 Å². The highest BCUT2D eigenvalue weighted by Crippen LogP contribution is 2.24. The summed E-state index contributed by atoms with van der Waals surface area (Å²) in [5, 5.41) is 0. The molecule has 0 unspecified atom stereocenters. The van der Waals surface area contributed by atoms with Gasteiger partial charge in [0.05, 0.1) is 7.11 Å². The maximum atomic E-state index is 13.4. The van der Waals surface area contributed by atoms with Crippen molar-refractivity contribution >= 4 is 5.78 Å². The monoisotopic (exact) mass is 238 g/mol. The third kappa shape index (κ3) is 3.29. The normalized spacial score (nSPS) is 11.4. The first-order valence-electron chi connectivity index (χ1n) is 5.76. The zero-order chi connectivity index (χ0) is 13.1. The van der Waals surface area contributed by atoms with Crippen molar-refractivity contribution in [2.75, 3.05) is 7.11 Å². The number of halogens is 1. The molecule has 0 heterocycles. The van der Waals surface area contributed by atoms with Crippen LogP contribution in [0.1, 0.15) is 32.8 Å². The fraction of sp³-hybridized carbons (Fsp3) is 0.500. The molecule has 2 nitrogen and oxygen atoms in total. The SMILES string of the molecule is CCC(C)(C)C(=O)Cc1ccc(OC)c(F)c1. The Labute approximate surface area is 102 Å². The van der Waals surface area contributed by atoms with E-state index in [0.29, 0.717) is 5.56 Å². The Balaban J connectivity index is 2.83. The minimum atomic E-state index is -0.424. The summed E-state index contributed by atoms with van der Waals surface area (Å²) in [5.74, 6) is -0.0902. The van der Waals surface area contributed by atoms with Crippen molar-refractivity contribution in [1.29, 1.82) is 0 Å². The van der Waals surface area contributed by atoms with Crippen LogP contribution in [0.25, 0.3) is 0 Å². The molecule has 0 atom stereocenters. The Morgan fingerprint density at radius 2 is 2.06 bits per heavy atom. The molecule has 0 amide bonds. The van der Waals surface area contributed by atoms with Crippen molar-refractivity contribution < 1.29 is 13.9 Å². The van der Waals surface area contributed by atoms with Gasteiger partial charge in [-0.1, -0.05) is 26.8 Å². The lowest BCUT2D eigenvalue weighted by Gasteiger charge is -2.20. The van der Waals surface area contributed by atoms with Crippen molar-refractivity contribution in [2.45, 2.75) is 33.6 Å². The van der Waals surface area contributed by atoms with Crippen LogP contribution in [-0.4, -0.2) is 12.9 Å². The second-order valence-electron chi connectivity index (χ2n) is 4.81. The van der Waals surface area contributed by atoms with Gasteiger partial charge in [-0.25, -0.2) is 4.39 Å². The highest BCUT2D eigenvalue weighted by Gasteiger charge is 2.25. The van der Waals surface area contributed by atoms with Gasteiger partial charge in [-0.2, -0.15) is 0 Å². The van der Waals surface area contributed by atoms with Crippen LogP contribution in [0, 0.1) is 11.2 Å². The Morgan fingerprint density at radius 1 is 1.41 bits per heavy atom. The van der Waals surface area contributed by atoms with Crippen LogP contribution in [-0.2, 0) is 11.2 Å². The summed E-state index contributed by atoms with van der Waals surface area (Å²) in [7, 11) is 1.42. The molecule has 0 saturated heterocycles. The molecular formula is C14H19FO2. The molecule has 17 heavy (non-hydrogen) atoms. The smallest absolute Gasteiger partial charge is 0.165 e. The average Bonchev–Trinajstić information content (AvgIpc) is 2.29. The zero-order valence-corrected chi connectivity index (χ0v) is 10.8. The lowest BCUT2D eigenvalue weighted by atomic mass is 9.82. The number of carbonyl (C=O) groups excluding carboxylic acids is 1. The first kappa shape index (κ1) is 13.7. The van der Waals surface area contributed by atoms with Crippen LogP contribution in [0.5, 0.6) is 5.75 Å². The zero-order valence-electron chi connectivity index (χ0n) is 10.8. The highest BCUT2D eigenvalue weighted by molar-refractivity contribution is 5.86. The van der Waals surface area contributed by atoms with E-state index >= 15 is 0 Å². The quantitative estimate of drug-likeness (QED) is 0.786. The average molecular weight is 238 g/mol. The molecule has 0 aromatic heterocycles. The Hall–Kier alpha value is -1.38. The maximum Gasteiger partial charge on any atom is 0.165 e. The van der Waals surface area contributed by atoms with E-state index in [4.69, 9.17) is 4.74 Å². The standard InChI is InChI=1S/C14H19FO2/c1-5-14(2,3)13(16)9-10-6-7-12(17-4)11(15)8-10/h6-8H,5,9H2,1-4H3. The minimum absolute atomic E-state index is 0.129. The van der Waals surface area contributed by atoms with E-state index in [9.17, 15) is 9.18 Å².